The maximum Gasteiger partial charge on any atom is 0.348 e. The third kappa shape index (κ3) is 4.68. The fraction of sp³-hybridized carbons (Fsp3) is 0.158. The molecule has 0 amide bonds. The van der Waals surface area contributed by atoms with Gasteiger partial charge in [-0.2, -0.15) is 5.26 Å². The highest BCUT2D eigenvalue weighted by Gasteiger charge is 2.11. The minimum absolute atomic E-state index is 0.102. The molecule has 0 saturated carbocycles. The van der Waals surface area contributed by atoms with Crippen LogP contribution in [0.5, 0.6) is 5.75 Å². The smallest absolute Gasteiger partial charge is 0.348 e. The summed E-state index contributed by atoms with van der Waals surface area (Å²) >= 11 is 0. The number of nitrogens with zero attached hydrogens (tertiary/aromatic N) is 1. The second-order valence-corrected chi connectivity index (χ2v) is 4.84. The molecule has 2 aromatic carbocycles. The molecule has 5 heteroatoms. The number of esters is 1. The van der Waals surface area contributed by atoms with E-state index in [9.17, 15) is 9.18 Å². The summed E-state index contributed by atoms with van der Waals surface area (Å²) in [5.74, 6) is -0.470. The first-order chi connectivity index (χ1) is 11.6. The van der Waals surface area contributed by atoms with Crippen LogP contribution in [0, 0.1) is 17.1 Å². The number of ether oxygens (including phenoxy) is 2. The number of hydrogen-bond donors (Lipinski definition) is 0. The molecule has 0 aliphatic heterocycles. The third-order valence-corrected chi connectivity index (χ3v) is 3.14. The largest absolute Gasteiger partial charge is 0.488 e. The molecule has 0 fully saturated rings. The molecule has 0 bridgehead atoms. The highest BCUT2D eigenvalue weighted by Crippen LogP contribution is 2.22. The molecule has 0 aliphatic carbocycles. The number of para-hydroxylation sites is 1. The van der Waals surface area contributed by atoms with Crippen LogP contribution in [0.3, 0.4) is 0 Å². The number of halogens is 1. The molecule has 0 heterocycles. The molecule has 24 heavy (non-hydrogen) atoms. The van der Waals surface area contributed by atoms with Gasteiger partial charge in [0.05, 0.1) is 6.61 Å². The Balaban J connectivity index is 2.19. The van der Waals surface area contributed by atoms with Crippen molar-refractivity contribution in [1.29, 1.82) is 5.26 Å². The molecule has 2 aromatic rings. The van der Waals surface area contributed by atoms with Gasteiger partial charge in [0.15, 0.2) is 0 Å². The molecular weight excluding hydrogens is 309 g/mol. The number of carbonyl (C=O) groups excluding carboxylic acids is 1. The fourth-order valence-electron chi connectivity index (χ4n) is 1.97. The summed E-state index contributed by atoms with van der Waals surface area (Å²) < 4.78 is 23.5. The maximum atomic E-state index is 12.9. The van der Waals surface area contributed by atoms with E-state index in [1.807, 2.05) is 6.07 Å². The van der Waals surface area contributed by atoms with Crippen LogP contribution >= 0.6 is 0 Å². The lowest BCUT2D eigenvalue weighted by Gasteiger charge is -2.09. The van der Waals surface area contributed by atoms with Crippen LogP contribution in [-0.2, 0) is 16.1 Å². The van der Waals surface area contributed by atoms with Gasteiger partial charge in [-0.05, 0) is 36.8 Å². The Hall–Kier alpha value is -3.13. The molecule has 0 saturated heterocycles. The number of carbonyl (C=O) groups is 1. The van der Waals surface area contributed by atoms with Gasteiger partial charge in [0.2, 0.25) is 0 Å². The number of rotatable bonds is 6. The average Bonchev–Trinajstić information content (AvgIpc) is 2.60. The van der Waals surface area contributed by atoms with Gasteiger partial charge in [0.25, 0.3) is 0 Å². The van der Waals surface area contributed by atoms with Gasteiger partial charge in [-0.1, -0.05) is 30.3 Å². The van der Waals surface area contributed by atoms with Crippen molar-refractivity contribution in [2.24, 2.45) is 0 Å². The van der Waals surface area contributed by atoms with Gasteiger partial charge >= 0.3 is 5.97 Å². The van der Waals surface area contributed by atoms with E-state index in [-0.39, 0.29) is 24.6 Å². The second kappa shape index (κ2) is 8.49. The average molecular weight is 325 g/mol. The summed E-state index contributed by atoms with van der Waals surface area (Å²) in [5, 5.41) is 9.11. The van der Waals surface area contributed by atoms with Crippen molar-refractivity contribution >= 4 is 12.0 Å². The van der Waals surface area contributed by atoms with Gasteiger partial charge in [0, 0.05) is 5.56 Å². The van der Waals surface area contributed by atoms with Crippen LogP contribution in [0.15, 0.2) is 54.1 Å². The lowest BCUT2D eigenvalue weighted by Crippen LogP contribution is -2.06. The molecular formula is C19H16FNO3. The van der Waals surface area contributed by atoms with Gasteiger partial charge in [0.1, 0.15) is 29.8 Å². The lowest BCUT2D eigenvalue weighted by molar-refractivity contribution is -0.137. The van der Waals surface area contributed by atoms with E-state index in [2.05, 4.69) is 0 Å². The Morgan fingerprint density at radius 1 is 1.21 bits per heavy atom. The van der Waals surface area contributed by atoms with Crippen molar-refractivity contribution in [3.05, 3.63) is 71.0 Å². The zero-order chi connectivity index (χ0) is 17.4. The highest BCUT2D eigenvalue weighted by atomic mass is 19.1. The standard InChI is InChI=1S/C19H16FNO3/c1-2-23-19(22)16(12-21)11-15-5-3-4-6-18(15)24-13-14-7-9-17(20)10-8-14/h3-11H,2,13H2,1H3. The first-order valence-corrected chi connectivity index (χ1v) is 7.39. The minimum atomic E-state index is -0.673. The van der Waals surface area contributed by atoms with Crippen molar-refractivity contribution in [3.8, 4) is 11.8 Å². The predicted octanol–water partition coefficient (Wildman–Crippen LogP) is 3.87. The molecule has 0 aromatic heterocycles. The SMILES string of the molecule is CCOC(=O)C(C#N)=Cc1ccccc1OCc1ccc(F)cc1. The third-order valence-electron chi connectivity index (χ3n) is 3.14. The summed E-state index contributed by atoms with van der Waals surface area (Å²) in [4.78, 5) is 11.7. The Kier molecular flexibility index (Phi) is 6.09. The summed E-state index contributed by atoms with van der Waals surface area (Å²) in [6.45, 7) is 2.11. The van der Waals surface area contributed by atoms with Crippen LogP contribution in [0.1, 0.15) is 18.1 Å². The van der Waals surface area contributed by atoms with Gasteiger partial charge in [-0.3, -0.25) is 0 Å². The predicted molar refractivity (Wildman–Crippen MR) is 87.4 cm³/mol. The monoisotopic (exact) mass is 325 g/mol. The first-order valence-electron chi connectivity index (χ1n) is 7.39. The highest BCUT2D eigenvalue weighted by molar-refractivity contribution is 5.98. The van der Waals surface area contributed by atoms with Crippen molar-refractivity contribution in [2.75, 3.05) is 6.61 Å². The number of hydrogen-bond acceptors (Lipinski definition) is 4. The van der Waals surface area contributed by atoms with E-state index < -0.39 is 5.97 Å². The van der Waals surface area contributed by atoms with Crippen LogP contribution in [0.2, 0.25) is 0 Å². The Morgan fingerprint density at radius 2 is 1.92 bits per heavy atom. The summed E-state index contributed by atoms with van der Waals surface area (Å²) in [6, 6.07) is 14.8. The molecule has 0 aliphatic rings. The van der Waals surface area contributed by atoms with E-state index in [0.29, 0.717) is 11.3 Å². The van der Waals surface area contributed by atoms with E-state index in [0.717, 1.165) is 5.56 Å². The van der Waals surface area contributed by atoms with E-state index in [1.165, 1.54) is 18.2 Å². The van der Waals surface area contributed by atoms with Crippen LogP contribution < -0.4 is 4.74 Å². The normalized spacial score (nSPS) is 10.8. The Labute approximate surface area is 139 Å². The van der Waals surface area contributed by atoms with Gasteiger partial charge in [-0.25, -0.2) is 9.18 Å². The Morgan fingerprint density at radius 3 is 2.58 bits per heavy atom. The quantitative estimate of drug-likeness (QED) is 0.459. The van der Waals surface area contributed by atoms with Crippen LogP contribution in [0.25, 0.3) is 6.08 Å². The zero-order valence-corrected chi connectivity index (χ0v) is 13.2. The molecule has 0 unspecified atom stereocenters. The van der Waals surface area contributed by atoms with Crippen molar-refractivity contribution in [2.45, 2.75) is 13.5 Å². The van der Waals surface area contributed by atoms with E-state index >= 15 is 0 Å². The summed E-state index contributed by atoms with van der Waals surface area (Å²) in [7, 11) is 0. The maximum absolute atomic E-state index is 12.9. The minimum Gasteiger partial charge on any atom is -0.488 e. The molecule has 0 spiro atoms. The van der Waals surface area contributed by atoms with Gasteiger partial charge < -0.3 is 9.47 Å². The van der Waals surface area contributed by atoms with Crippen molar-refractivity contribution in [1.82, 2.24) is 0 Å². The van der Waals surface area contributed by atoms with Crippen LogP contribution in [-0.4, -0.2) is 12.6 Å². The molecule has 4 nitrogen and oxygen atoms in total. The van der Waals surface area contributed by atoms with Crippen molar-refractivity contribution < 1.29 is 18.7 Å². The first kappa shape index (κ1) is 17.2. The summed E-state index contributed by atoms with van der Waals surface area (Å²) in [6.07, 6.45) is 1.43. The summed E-state index contributed by atoms with van der Waals surface area (Å²) in [5.41, 5.74) is 1.29. The Bertz CT molecular complexity index is 776. The number of benzene rings is 2. The lowest BCUT2D eigenvalue weighted by atomic mass is 10.1. The van der Waals surface area contributed by atoms with Crippen molar-refractivity contribution in [3.63, 3.8) is 0 Å². The van der Waals surface area contributed by atoms with E-state index in [4.69, 9.17) is 14.7 Å². The molecule has 0 N–H and O–H groups in total. The second-order valence-electron chi connectivity index (χ2n) is 4.84. The molecule has 0 radical (unpaired) electrons. The van der Waals surface area contributed by atoms with E-state index in [1.54, 1.807) is 43.3 Å². The number of nitriles is 1. The molecule has 122 valence electrons. The fourth-order valence-corrected chi connectivity index (χ4v) is 1.97. The zero-order valence-electron chi connectivity index (χ0n) is 13.2. The topological polar surface area (TPSA) is 59.3 Å². The van der Waals surface area contributed by atoms with Gasteiger partial charge in [-0.15, -0.1) is 0 Å². The molecule has 0 atom stereocenters. The van der Waals surface area contributed by atoms with Crippen LogP contribution in [0.4, 0.5) is 4.39 Å². The molecule has 2 rings (SSSR count).